The molecule has 2 atom stereocenters. The summed E-state index contributed by atoms with van der Waals surface area (Å²) in [5, 5.41) is 3.56. The van der Waals surface area contributed by atoms with Gasteiger partial charge in [0.05, 0.1) is 6.10 Å². The van der Waals surface area contributed by atoms with Gasteiger partial charge < -0.3 is 10.1 Å². The highest BCUT2D eigenvalue weighted by molar-refractivity contribution is 5.28. The van der Waals surface area contributed by atoms with Crippen LogP contribution in [-0.2, 0) is 4.74 Å². The number of rotatable bonds is 4. The summed E-state index contributed by atoms with van der Waals surface area (Å²) in [7, 11) is 0. The maximum Gasteiger partial charge on any atom is 0.0700 e. The number of nitrogens with one attached hydrogen (secondary N) is 1. The Hall–Kier alpha value is -0.860. The molecule has 1 N–H and O–H groups in total. The standard InChI is InChI=1S/C14H21NO/c1-11-6-3-4-8-14(11)12(2)15-10-13-7-5-9-16-13/h3-4,6,8,12-13,15H,5,7,9-10H2,1-2H3. The zero-order valence-electron chi connectivity index (χ0n) is 10.2. The second kappa shape index (κ2) is 5.46. The third-order valence-electron chi connectivity index (χ3n) is 3.33. The van der Waals surface area contributed by atoms with E-state index in [4.69, 9.17) is 4.74 Å². The lowest BCUT2D eigenvalue weighted by molar-refractivity contribution is 0.108. The van der Waals surface area contributed by atoms with Crippen LogP contribution in [0.1, 0.15) is 36.9 Å². The predicted octanol–water partition coefficient (Wildman–Crippen LogP) is 2.82. The van der Waals surface area contributed by atoms with Crippen molar-refractivity contribution in [1.82, 2.24) is 5.32 Å². The molecule has 1 aromatic carbocycles. The molecule has 2 rings (SSSR count). The van der Waals surface area contributed by atoms with Gasteiger partial charge in [-0.15, -0.1) is 0 Å². The van der Waals surface area contributed by atoms with Gasteiger partial charge in [-0.1, -0.05) is 24.3 Å². The molecule has 0 amide bonds. The van der Waals surface area contributed by atoms with Crippen molar-refractivity contribution in [2.24, 2.45) is 0 Å². The first-order valence-electron chi connectivity index (χ1n) is 6.18. The number of benzene rings is 1. The summed E-state index contributed by atoms with van der Waals surface area (Å²) in [6.45, 7) is 6.29. The average Bonchev–Trinajstić information content (AvgIpc) is 2.79. The summed E-state index contributed by atoms with van der Waals surface area (Å²) in [6.07, 6.45) is 2.84. The SMILES string of the molecule is Cc1ccccc1C(C)NCC1CCCO1. The summed E-state index contributed by atoms with van der Waals surface area (Å²) in [5.41, 5.74) is 2.75. The molecule has 0 radical (unpaired) electrons. The summed E-state index contributed by atoms with van der Waals surface area (Å²) < 4.78 is 5.61. The molecule has 1 aliphatic heterocycles. The molecule has 0 aromatic heterocycles. The molecule has 0 spiro atoms. The highest BCUT2D eigenvalue weighted by Gasteiger charge is 2.16. The first kappa shape index (κ1) is 11.6. The van der Waals surface area contributed by atoms with E-state index in [9.17, 15) is 0 Å². The summed E-state index contributed by atoms with van der Waals surface area (Å²) in [6, 6.07) is 8.96. The normalized spacial score (nSPS) is 22.2. The van der Waals surface area contributed by atoms with Gasteiger partial charge in [0.1, 0.15) is 0 Å². The minimum Gasteiger partial charge on any atom is -0.377 e. The molecule has 2 unspecified atom stereocenters. The maximum absolute atomic E-state index is 5.61. The summed E-state index contributed by atoms with van der Waals surface area (Å²) in [5.74, 6) is 0. The molecule has 0 bridgehead atoms. The molecule has 2 heteroatoms. The number of ether oxygens (including phenoxy) is 1. The second-order valence-electron chi connectivity index (χ2n) is 4.62. The first-order valence-corrected chi connectivity index (χ1v) is 6.18. The molecule has 1 aliphatic rings. The molecule has 1 saturated heterocycles. The Morgan fingerprint density at radius 2 is 2.25 bits per heavy atom. The zero-order chi connectivity index (χ0) is 11.4. The van der Waals surface area contributed by atoms with Crippen molar-refractivity contribution in [2.75, 3.05) is 13.2 Å². The zero-order valence-corrected chi connectivity index (χ0v) is 10.2. The summed E-state index contributed by atoms with van der Waals surface area (Å²) in [4.78, 5) is 0. The van der Waals surface area contributed by atoms with Gasteiger partial charge in [-0.3, -0.25) is 0 Å². The Bertz CT molecular complexity index is 331. The third-order valence-corrected chi connectivity index (χ3v) is 3.33. The molecule has 88 valence electrons. The Morgan fingerprint density at radius 1 is 1.44 bits per heavy atom. The van der Waals surface area contributed by atoms with E-state index in [2.05, 4.69) is 43.4 Å². The number of hydrogen-bond donors (Lipinski definition) is 1. The van der Waals surface area contributed by atoms with Crippen molar-refractivity contribution in [3.8, 4) is 0 Å². The fourth-order valence-electron chi connectivity index (χ4n) is 2.30. The van der Waals surface area contributed by atoms with Crippen molar-refractivity contribution in [3.63, 3.8) is 0 Å². The topological polar surface area (TPSA) is 21.3 Å². The van der Waals surface area contributed by atoms with E-state index in [-0.39, 0.29) is 0 Å². The first-order chi connectivity index (χ1) is 7.77. The van der Waals surface area contributed by atoms with Gasteiger partial charge in [-0.25, -0.2) is 0 Å². The van der Waals surface area contributed by atoms with Gasteiger partial charge in [0, 0.05) is 19.2 Å². The smallest absolute Gasteiger partial charge is 0.0700 e. The molecule has 1 aromatic rings. The van der Waals surface area contributed by atoms with E-state index in [0.29, 0.717) is 12.1 Å². The van der Waals surface area contributed by atoms with Gasteiger partial charge in [0.15, 0.2) is 0 Å². The third kappa shape index (κ3) is 2.83. The van der Waals surface area contributed by atoms with Gasteiger partial charge >= 0.3 is 0 Å². The minimum atomic E-state index is 0.408. The largest absolute Gasteiger partial charge is 0.377 e. The molecule has 1 heterocycles. The lowest BCUT2D eigenvalue weighted by Gasteiger charge is -2.18. The van der Waals surface area contributed by atoms with Crippen molar-refractivity contribution < 1.29 is 4.74 Å². The van der Waals surface area contributed by atoms with Gasteiger partial charge in [-0.2, -0.15) is 0 Å². The molecule has 0 saturated carbocycles. The molecular formula is C14H21NO. The van der Waals surface area contributed by atoms with E-state index in [1.54, 1.807) is 0 Å². The molecular weight excluding hydrogens is 198 g/mol. The van der Waals surface area contributed by atoms with E-state index >= 15 is 0 Å². The Balaban J connectivity index is 1.87. The van der Waals surface area contributed by atoms with Gasteiger partial charge in [0.2, 0.25) is 0 Å². The van der Waals surface area contributed by atoms with Crippen LogP contribution in [0.25, 0.3) is 0 Å². The van der Waals surface area contributed by atoms with E-state index < -0.39 is 0 Å². The Kier molecular flexibility index (Phi) is 3.97. The monoisotopic (exact) mass is 219 g/mol. The highest BCUT2D eigenvalue weighted by atomic mass is 16.5. The minimum absolute atomic E-state index is 0.408. The van der Waals surface area contributed by atoms with Crippen LogP contribution in [0.4, 0.5) is 0 Å². The van der Waals surface area contributed by atoms with Crippen LogP contribution in [0.2, 0.25) is 0 Å². The predicted molar refractivity (Wildman–Crippen MR) is 66.6 cm³/mol. The van der Waals surface area contributed by atoms with Crippen LogP contribution < -0.4 is 5.32 Å². The average molecular weight is 219 g/mol. The summed E-state index contributed by atoms with van der Waals surface area (Å²) >= 11 is 0. The second-order valence-corrected chi connectivity index (χ2v) is 4.62. The van der Waals surface area contributed by atoms with Crippen LogP contribution in [-0.4, -0.2) is 19.3 Å². The van der Waals surface area contributed by atoms with E-state index in [0.717, 1.165) is 13.2 Å². The molecule has 1 fully saturated rings. The highest BCUT2D eigenvalue weighted by Crippen LogP contribution is 2.18. The van der Waals surface area contributed by atoms with Crippen LogP contribution in [0, 0.1) is 6.92 Å². The molecule has 0 aliphatic carbocycles. The maximum atomic E-state index is 5.61. The number of hydrogen-bond acceptors (Lipinski definition) is 2. The molecule has 16 heavy (non-hydrogen) atoms. The Labute approximate surface area is 98.0 Å². The van der Waals surface area contributed by atoms with Crippen LogP contribution in [0.5, 0.6) is 0 Å². The lowest BCUT2D eigenvalue weighted by atomic mass is 10.0. The van der Waals surface area contributed by atoms with Crippen molar-refractivity contribution in [2.45, 2.75) is 38.8 Å². The van der Waals surface area contributed by atoms with Crippen LogP contribution in [0.15, 0.2) is 24.3 Å². The number of aryl methyl sites for hydroxylation is 1. The van der Waals surface area contributed by atoms with Gasteiger partial charge in [-0.05, 0) is 37.8 Å². The lowest BCUT2D eigenvalue weighted by Crippen LogP contribution is -2.28. The van der Waals surface area contributed by atoms with Crippen molar-refractivity contribution >= 4 is 0 Å². The van der Waals surface area contributed by atoms with Crippen molar-refractivity contribution in [3.05, 3.63) is 35.4 Å². The van der Waals surface area contributed by atoms with Crippen LogP contribution >= 0.6 is 0 Å². The Morgan fingerprint density at radius 3 is 2.94 bits per heavy atom. The van der Waals surface area contributed by atoms with Crippen molar-refractivity contribution in [1.29, 1.82) is 0 Å². The quantitative estimate of drug-likeness (QED) is 0.840. The van der Waals surface area contributed by atoms with Crippen LogP contribution in [0.3, 0.4) is 0 Å². The van der Waals surface area contributed by atoms with E-state index in [1.807, 2.05) is 0 Å². The molecule has 2 nitrogen and oxygen atoms in total. The van der Waals surface area contributed by atoms with E-state index in [1.165, 1.54) is 24.0 Å². The fourth-order valence-corrected chi connectivity index (χ4v) is 2.30. The fraction of sp³-hybridized carbons (Fsp3) is 0.571. The van der Waals surface area contributed by atoms with Gasteiger partial charge in [0.25, 0.3) is 0 Å².